The Hall–Kier alpha value is -1.92. The van der Waals surface area contributed by atoms with E-state index in [-0.39, 0.29) is 5.68 Å². The van der Waals surface area contributed by atoms with Crippen molar-refractivity contribution in [1.82, 2.24) is 0 Å². The van der Waals surface area contributed by atoms with E-state index in [1.807, 2.05) is 48.5 Å². The molecule has 0 unspecified atom stereocenters. The number of benzene rings is 2. The standard InChI is InChI=1S/C14H11BO4S/c1-10(16)15-17-11-6-2-4-8-13(11)20(19-15)14-9-5-3-7-12(14)18-15/h2-9H,1H3. The lowest BCUT2D eigenvalue weighted by Crippen LogP contribution is -2.63. The maximum absolute atomic E-state index is 12.0. The van der Waals surface area contributed by atoms with E-state index >= 15 is 0 Å². The summed E-state index contributed by atoms with van der Waals surface area (Å²) in [5, 5.41) is 0. The maximum Gasteiger partial charge on any atom is 0.601 e. The van der Waals surface area contributed by atoms with E-state index in [9.17, 15) is 4.79 Å². The molecular weight excluding hydrogens is 275 g/mol. The second-order valence-corrected chi connectivity index (χ2v) is 6.36. The van der Waals surface area contributed by atoms with Gasteiger partial charge in [0.25, 0.3) is 0 Å². The highest BCUT2D eigenvalue weighted by molar-refractivity contribution is 7.94. The predicted octanol–water partition coefficient (Wildman–Crippen LogP) is 2.51. The molecule has 2 aromatic carbocycles. The van der Waals surface area contributed by atoms with Crippen LogP contribution >= 0.6 is 0 Å². The summed E-state index contributed by atoms with van der Waals surface area (Å²) in [6.45, 7) is -0.982. The summed E-state index contributed by atoms with van der Waals surface area (Å²) in [6, 6.07) is 15.2. The summed E-state index contributed by atoms with van der Waals surface area (Å²) in [4.78, 5) is 13.9. The molecule has 0 saturated heterocycles. The van der Waals surface area contributed by atoms with Gasteiger partial charge in [-0.25, -0.2) is 0 Å². The van der Waals surface area contributed by atoms with Crippen molar-refractivity contribution in [2.45, 2.75) is 16.7 Å². The summed E-state index contributed by atoms with van der Waals surface area (Å²) >= 11 is -0.648. The topological polar surface area (TPSA) is 44.8 Å². The van der Waals surface area contributed by atoms with Crippen molar-refractivity contribution < 1.29 is 18.2 Å². The number of carbonyl (C=O) groups is 1. The summed E-state index contributed by atoms with van der Waals surface area (Å²) in [5.41, 5.74) is -0.244. The molecule has 0 atom stereocenters. The Morgan fingerprint density at radius 3 is 1.95 bits per heavy atom. The minimum atomic E-state index is -2.42. The van der Waals surface area contributed by atoms with Crippen molar-refractivity contribution in [1.29, 1.82) is 0 Å². The highest BCUT2D eigenvalue weighted by atomic mass is 32.2. The Kier molecular flexibility index (Phi) is 2.40. The van der Waals surface area contributed by atoms with Crippen LogP contribution in [0.4, 0.5) is 0 Å². The minimum Gasteiger partial charge on any atom is -0.649 e. The summed E-state index contributed by atoms with van der Waals surface area (Å²) in [7, 11) is 0. The zero-order chi connectivity index (χ0) is 13.7. The van der Waals surface area contributed by atoms with Gasteiger partial charge in [-0.05, 0) is 19.1 Å². The zero-order valence-electron chi connectivity index (χ0n) is 10.7. The van der Waals surface area contributed by atoms with Gasteiger partial charge in [0.15, 0.2) is 11.2 Å². The molecule has 4 nitrogen and oxygen atoms in total. The van der Waals surface area contributed by atoms with Crippen LogP contribution in [0, 0.1) is 0 Å². The average molecular weight is 286 g/mol. The second-order valence-electron chi connectivity index (χ2n) is 4.75. The van der Waals surface area contributed by atoms with Gasteiger partial charge in [-0.3, -0.25) is 4.10 Å². The summed E-state index contributed by atoms with van der Waals surface area (Å²) < 4.78 is 17.5. The van der Waals surface area contributed by atoms with Gasteiger partial charge in [-0.1, -0.05) is 24.3 Å². The first-order chi connectivity index (χ1) is 9.70. The zero-order valence-corrected chi connectivity index (χ0v) is 11.6. The molecule has 2 heterocycles. The van der Waals surface area contributed by atoms with Crippen LogP contribution in [0.15, 0.2) is 58.3 Å². The molecule has 0 N–H and O–H groups in total. The Balaban J connectivity index is 1.98. The van der Waals surface area contributed by atoms with Crippen LogP contribution < -0.4 is 9.31 Å². The van der Waals surface area contributed by atoms with Crippen LogP contribution in [0.5, 0.6) is 11.5 Å². The van der Waals surface area contributed by atoms with Gasteiger partial charge in [0.2, 0.25) is 9.79 Å². The van der Waals surface area contributed by atoms with Crippen molar-refractivity contribution in [2.75, 3.05) is 0 Å². The third-order valence-electron chi connectivity index (χ3n) is 3.38. The Bertz CT molecular complexity index is 668. The largest absolute Gasteiger partial charge is 0.649 e. The van der Waals surface area contributed by atoms with Crippen molar-refractivity contribution >= 4 is 23.6 Å². The fourth-order valence-electron chi connectivity index (χ4n) is 2.38. The van der Waals surface area contributed by atoms with Gasteiger partial charge in [0.1, 0.15) is 11.5 Å². The van der Waals surface area contributed by atoms with Crippen molar-refractivity contribution in [2.24, 2.45) is 0 Å². The summed E-state index contributed by atoms with van der Waals surface area (Å²) in [6.07, 6.45) is 0. The van der Waals surface area contributed by atoms with Gasteiger partial charge >= 0.3 is 6.75 Å². The first-order valence-electron chi connectivity index (χ1n) is 6.34. The Morgan fingerprint density at radius 1 is 0.950 bits per heavy atom. The molecule has 2 aromatic rings. The monoisotopic (exact) mass is 286 g/mol. The molecule has 0 fully saturated rings. The van der Waals surface area contributed by atoms with Crippen LogP contribution in [0.3, 0.4) is 0 Å². The smallest absolute Gasteiger partial charge is 0.601 e. The molecule has 0 amide bonds. The van der Waals surface area contributed by atoms with Crippen molar-refractivity contribution in [3.8, 4) is 11.5 Å². The van der Waals surface area contributed by atoms with Crippen LogP contribution in [0.1, 0.15) is 6.92 Å². The SMILES string of the molecule is CC(=O)[B-]12Oc3ccccc3[S+](O1)c1ccccc1O2. The van der Waals surface area contributed by atoms with Crippen molar-refractivity contribution in [3.05, 3.63) is 48.5 Å². The molecule has 4 rings (SSSR count). The van der Waals surface area contributed by atoms with Crippen LogP contribution in [0.25, 0.3) is 0 Å². The van der Waals surface area contributed by atoms with Crippen molar-refractivity contribution in [3.63, 3.8) is 0 Å². The molecular formula is C14H11BO4S. The quantitative estimate of drug-likeness (QED) is 0.597. The van der Waals surface area contributed by atoms with E-state index in [1.165, 1.54) is 6.92 Å². The molecule has 2 bridgehead atoms. The van der Waals surface area contributed by atoms with Crippen LogP contribution in [-0.4, -0.2) is 12.4 Å². The third-order valence-corrected chi connectivity index (χ3v) is 5.30. The molecule has 0 saturated carbocycles. The van der Waals surface area contributed by atoms with E-state index < -0.39 is 17.9 Å². The average Bonchev–Trinajstić information content (AvgIpc) is 2.47. The fourth-order valence-corrected chi connectivity index (χ4v) is 4.30. The molecule has 0 spiro atoms. The number of rotatable bonds is 1. The van der Waals surface area contributed by atoms with Crippen LogP contribution in [-0.2, 0) is 20.1 Å². The van der Waals surface area contributed by atoms with E-state index in [4.69, 9.17) is 13.4 Å². The molecule has 0 aromatic heterocycles. The van der Waals surface area contributed by atoms with E-state index in [0.29, 0.717) is 11.5 Å². The number of fused-ring (bicyclic) bond motifs is 6. The predicted molar refractivity (Wildman–Crippen MR) is 75.6 cm³/mol. The van der Waals surface area contributed by atoms with Gasteiger partial charge in [0.05, 0.1) is 5.68 Å². The number of carbonyl (C=O) groups excluding carboxylic acids is 1. The lowest BCUT2D eigenvalue weighted by molar-refractivity contribution is -0.114. The highest BCUT2D eigenvalue weighted by Crippen LogP contribution is 2.46. The van der Waals surface area contributed by atoms with Gasteiger partial charge in [0, 0.05) is 12.1 Å². The first kappa shape index (κ1) is 11.9. The lowest BCUT2D eigenvalue weighted by atomic mass is 9.73. The number of hydrogen-bond acceptors (Lipinski definition) is 4. The van der Waals surface area contributed by atoms with Gasteiger partial charge in [-0.2, -0.15) is 0 Å². The Labute approximate surface area is 119 Å². The first-order valence-corrected chi connectivity index (χ1v) is 7.49. The fraction of sp³-hybridized carbons (Fsp3) is 0.0714. The molecule has 0 aliphatic carbocycles. The summed E-state index contributed by atoms with van der Waals surface area (Å²) in [5.74, 6) is 1.32. The molecule has 100 valence electrons. The lowest BCUT2D eigenvalue weighted by Gasteiger charge is -2.44. The van der Waals surface area contributed by atoms with E-state index in [0.717, 1.165) is 9.79 Å². The minimum absolute atomic E-state index is 0.244. The normalized spacial score (nSPS) is 25.8. The van der Waals surface area contributed by atoms with Crippen LogP contribution in [0.2, 0.25) is 0 Å². The molecule has 6 heteroatoms. The third kappa shape index (κ3) is 1.52. The molecule has 20 heavy (non-hydrogen) atoms. The number of hydrogen-bond donors (Lipinski definition) is 0. The molecule has 0 radical (unpaired) electrons. The molecule has 2 aliphatic heterocycles. The molecule has 2 aliphatic rings. The highest BCUT2D eigenvalue weighted by Gasteiger charge is 2.57. The van der Waals surface area contributed by atoms with Gasteiger partial charge in [-0.15, -0.1) is 0 Å². The maximum atomic E-state index is 12.0. The number of para-hydroxylation sites is 2. The second kappa shape index (κ2) is 4.04. The van der Waals surface area contributed by atoms with Gasteiger partial charge < -0.3 is 14.1 Å². The van der Waals surface area contributed by atoms with E-state index in [2.05, 4.69) is 0 Å². The van der Waals surface area contributed by atoms with E-state index in [1.54, 1.807) is 0 Å². The Morgan fingerprint density at radius 2 is 1.45 bits per heavy atom.